The molecule has 0 bridgehead atoms. The predicted octanol–water partition coefficient (Wildman–Crippen LogP) is 20.8. The second-order valence-electron chi connectivity index (χ2n) is 37.4. The number of fused-ring (bicyclic) bond motifs is 4. The Morgan fingerprint density at radius 2 is 0.573 bits per heavy atom. The molecule has 5 aliphatic rings. The van der Waals surface area contributed by atoms with Crippen molar-refractivity contribution in [2.75, 3.05) is 68.6 Å². The summed E-state index contributed by atoms with van der Waals surface area (Å²) in [6.07, 6.45) is 9.79. The highest BCUT2D eigenvalue weighted by molar-refractivity contribution is 7.40. The van der Waals surface area contributed by atoms with E-state index in [0.717, 1.165) is 70.7 Å². The van der Waals surface area contributed by atoms with Gasteiger partial charge in [0.05, 0.1) is 50.3 Å². The number of nitrogens with zero attached hydrogens (tertiary/aromatic N) is 6. The average Bonchev–Trinajstić information content (AvgIpc) is 1.47. The first-order valence-electron chi connectivity index (χ1n) is 47.9. The van der Waals surface area contributed by atoms with E-state index in [9.17, 15) is 30.3 Å². The van der Waals surface area contributed by atoms with Gasteiger partial charge in [0.15, 0.2) is 0 Å². The molecular formula is C118H103B5N6O11S3. The molecule has 0 radical (unpaired) electrons. The van der Waals surface area contributed by atoms with E-state index in [1.807, 2.05) is 108 Å². The summed E-state index contributed by atoms with van der Waals surface area (Å²) in [6, 6.07) is 132. The van der Waals surface area contributed by atoms with Crippen molar-refractivity contribution >= 4 is 207 Å². The Morgan fingerprint density at radius 3 is 0.965 bits per heavy atom. The van der Waals surface area contributed by atoms with Gasteiger partial charge in [-0.05, 0) is 150 Å². The van der Waals surface area contributed by atoms with E-state index in [2.05, 4.69) is 375 Å². The second kappa shape index (κ2) is 41.0. The number of rotatable bonds is 18. The zero-order valence-electron chi connectivity index (χ0n) is 80.1. The van der Waals surface area contributed by atoms with Crippen molar-refractivity contribution in [3.8, 4) is 0 Å². The number of aromatic nitrogens is 3. The van der Waals surface area contributed by atoms with Crippen molar-refractivity contribution < 1.29 is 36.2 Å². The van der Waals surface area contributed by atoms with Crippen LogP contribution in [0.1, 0.15) is 32.8 Å². The van der Waals surface area contributed by atoms with Gasteiger partial charge in [0, 0.05) is 65.6 Å². The monoisotopic (exact) mass is 1930 g/mol. The highest BCUT2D eigenvalue weighted by atomic mass is 32.1. The fourth-order valence-corrected chi connectivity index (χ4v) is 26.3. The van der Waals surface area contributed by atoms with E-state index < -0.39 is 46.5 Å². The number of hydrogen-bond acceptors (Lipinski definition) is 12. The number of thiophene rings is 3. The zero-order valence-corrected chi connectivity index (χ0v) is 82.6. The molecule has 6 aromatic heterocycles. The normalized spacial score (nSPS) is 16.8. The third kappa shape index (κ3) is 17.5. The van der Waals surface area contributed by atoms with Crippen LogP contribution in [-0.2, 0) is 21.4 Å². The van der Waals surface area contributed by atoms with Gasteiger partial charge in [-0.3, -0.25) is 45.3 Å². The number of hydrogen-bond donors (Lipinski definition) is 0. The number of benzene rings is 13. The van der Waals surface area contributed by atoms with Crippen LogP contribution in [0.5, 0.6) is 0 Å². The van der Waals surface area contributed by atoms with Gasteiger partial charge in [0.1, 0.15) is 33.0 Å². The first-order valence-corrected chi connectivity index (χ1v) is 50.6. The molecule has 0 saturated carbocycles. The molecule has 0 fully saturated rings. The third-order valence-corrected chi connectivity index (χ3v) is 32.9. The smallest absolute Gasteiger partial charge is 0.413 e. The number of aryl methyl sites for hydroxylation is 1. The summed E-state index contributed by atoms with van der Waals surface area (Å²) >= 11 is 5.55. The Labute approximate surface area is 843 Å². The minimum atomic E-state index is -1.91. The summed E-state index contributed by atoms with van der Waals surface area (Å²) in [5.41, 5.74) is 20.5. The third-order valence-electron chi connectivity index (χ3n) is 29.9. The SMILES string of the molecule is C[O+]1CC=C(c2ccc([N+](=O)[O-])cc2)[B-]1(c1ccc([N+](=O)[O-])cc1)c1ccc([N+](=O)[O-])cc1.C[O+]1CC=C(c2ccc3ccccc3c2)[B-]1(c1ccc2ccccc2c1)c1ccc2ccccc2c1.C[O+]1CC=C(c2ccccn2)[B-]1(c1ccccn1)c1ccccn1.C[O+]1CC=C(c2cccs2)[B-]1(c1cccs1)c1cccs1.Cc1ccc([B-]2(c3ccccc3)C(c3ccc4ccccc4c3)=CC[O+]2C)cc1. The maximum Gasteiger partial charge on any atom is 0.413 e. The van der Waals surface area contributed by atoms with Crippen LogP contribution in [0, 0.1) is 37.3 Å². The van der Waals surface area contributed by atoms with Crippen LogP contribution in [0.2, 0.25) is 0 Å². The lowest BCUT2D eigenvalue weighted by Crippen LogP contribution is -2.66. The lowest BCUT2D eigenvalue weighted by Gasteiger charge is -2.43. The molecular weight excluding hydrogens is 1830 g/mol. The fraction of sp³-hybridized carbons (Fsp3) is 0.0932. The highest BCUT2D eigenvalue weighted by Gasteiger charge is 2.55. The number of non-ortho nitro benzene ring substituents is 3. The lowest BCUT2D eigenvalue weighted by molar-refractivity contribution is -0.385. The summed E-state index contributed by atoms with van der Waals surface area (Å²) in [6.45, 7) is 6.02. The van der Waals surface area contributed by atoms with Crippen molar-refractivity contribution in [2.24, 2.45) is 0 Å². The van der Waals surface area contributed by atoms with E-state index in [1.54, 1.807) is 36.4 Å². The van der Waals surface area contributed by atoms with Crippen LogP contribution in [0.25, 0.3) is 70.5 Å². The van der Waals surface area contributed by atoms with Gasteiger partial charge in [-0.25, -0.2) is 0 Å². The Balaban J connectivity index is 0.000000111. The molecule has 0 spiro atoms. The molecule has 24 rings (SSSR count). The predicted molar refractivity (Wildman–Crippen MR) is 603 cm³/mol. The van der Waals surface area contributed by atoms with Crippen molar-refractivity contribution in [2.45, 2.75) is 6.92 Å². The van der Waals surface area contributed by atoms with E-state index >= 15 is 0 Å². The molecule has 143 heavy (non-hydrogen) atoms. The standard InChI is InChI=1S/C34H27BO.C27H25BO.C22H18BN3O7.C19H18BN3O.C16H15BOS3/c1-36-21-20-34(31-15-14-25-8-2-5-11-28(25)22-31)35(36,32-18-16-26-9-3-6-12-29(26)23-32)33-19-17-27-10-4-7-13-30(27)24-33;1-21-12-16-26(17-13-21)28(25-10-4-3-5-11-25)27(18-19-29(28)2)24-15-14-22-8-6-7-9-23(22)20-24;1-33-15-14-22(16-2-8-19(9-3-16)24(27)28)23(33,17-4-10-20(11-5-17)25(29)30)18-6-12-21(13-7-18)26(31)32;1-24-15-11-16(17-8-2-5-12-21-17)20(24,18-9-3-6-13-22-18)19-10-4-7-14-23-19;1-18-9-8-13(14-5-2-10-19-14)17(18,15-6-3-11-20-15)16-7-4-12-21-16/h2-20,22-24H,21H2,1H3;3-18,20H,19H2,1-2H3;2-14H,15H2,1H3;2-14H,15H2,1H3;2-8,10-12H,9H2,1H3. The van der Waals surface area contributed by atoms with Crippen molar-refractivity contribution in [1.29, 1.82) is 0 Å². The molecule has 25 heteroatoms. The molecule has 0 saturated heterocycles. The maximum atomic E-state index is 11.2. The van der Waals surface area contributed by atoms with Crippen LogP contribution in [-0.4, -0.2) is 130 Å². The topological polar surface area (TPSA) is 182 Å². The number of pyridine rings is 3. The largest absolute Gasteiger partial charge is 0.659 e. The van der Waals surface area contributed by atoms with Gasteiger partial charge in [-0.2, -0.15) is 22.7 Å². The molecule has 19 aromatic rings. The minimum absolute atomic E-state index is 0.0397. The summed E-state index contributed by atoms with van der Waals surface area (Å²) in [4.78, 5) is 47.4. The molecule has 0 aliphatic carbocycles. The molecule has 17 nitrogen and oxygen atoms in total. The lowest BCUT2D eigenvalue weighted by atomic mass is 9.27. The summed E-state index contributed by atoms with van der Waals surface area (Å²) in [5.74, 6) is 0. The van der Waals surface area contributed by atoms with Crippen molar-refractivity contribution in [3.05, 3.63) is 517 Å². The van der Waals surface area contributed by atoms with Crippen LogP contribution >= 0.6 is 34.0 Å². The molecule has 1 unspecified atom stereocenters. The van der Waals surface area contributed by atoms with Crippen LogP contribution in [0.4, 0.5) is 17.1 Å². The second-order valence-corrected chi connectivity index (χ2v) is 40.3. The van der Waals surface area contributed by atoms with Gasteiger partial charge >= 0.3 is 31.7 Å². The van der Waals surface area contributed by atoms with Gasteiger partial charge < -0.3 is 21.4 Å². The van der Waals surface area contributed by atoms with E-state index in [0.29, 0.717) is 6.61 Å². The molecule has 5 aliphatic heterocycles. The van der Waals surface area contributed by atoms with Gasteiger partial charge in [-0.1, -0.05) is 352 Å². The van der Waals surface area contributed by atoms with E-state index in [-0.39, 0.29) is 17.1 Å². The molecule has 11 heterocycles. The fourth-order valence-electron chi connectivity index (χ4n) is 23.2. The highest BCUT2D eigenvalue weighted by Crippen LogP contribution is 2.44. The van der Waals surface area contributed by atoms with Crippen molar-refractivity contribution in [3.63, 3.8) is 0 Å². The average molecular weight is 1930 g/mol. The summed E-state index contributed by atoms with van der Waals surface area (Å²) in [5, 5.41) is 50.2. The van der Waals surface area contributed by atoms with Crippen molar-refractivity contribution in [1.82, 2.24) is 15.0 Å². The molecule has 0 N–H and O–H groups in total. The zero-order chi connectivity index (χ0) is 98.4. The summed E-state index contributed by atoms with van der Waals surface area (Å²) in [7, 11) is 10.4. The van der Waals surface area contributed by atoms with Crippen LogP contribution in [0.3, 0.4) is 0 Å². The minimum Gasteiger partial charge on any atom is -0.659 e. The van der Waals surface area contributed by atoms with Crippen LogP contribution < -0.4 is 53.5 Å². The molecule has 704 valence electrons. The first kappa shape index (κ1) is 95.0. The Morgan fingerprint density at radius 1 is 0.259 bits per heavy atom. The molecule has 13 aromatic carbocycles. The molecule has 0 amide bonds. The first-order chi connectivity index (χ1) is 69.8. The Bertz CT molecular complexity index is 7830. The quantitative estimate of drug-likeness (QED) is 0.0349. The number of nitro benzene ring substituents is 3. The van der Waals surface area contributed by atoms with Gasteiger partial charge in [0.25, 0.3) is 17.1 Å². The van der Waals surface area contributed by atoms with Gasteiger partial charge in [-0.15, -0.1) is 60.5 Å². The molecule has 1 atom stereocenters. The summed E-state index contributed by atoms with van der Waals surface area (Å²) < 4.78 is 19.9. The Hall–Kier alpha value is -15.5. The number of nitro groups is 3. The van der Waals surface area contributed by atoms with E-state index in [1.165, 1.54) is 149 Å². The Kier molecular flexibility index (Phi) is 27.2. The maximum absolute atomic E-state index is 11.2. The van der Waals surface area contributed by atoms with Crippen LogP contribution in [0.15, 0.2) is 453 Å². The van der Waals surface area contributed by atoms with Gasteiger partial charge in [0.2, 0.25) is 0 Å². The van der Waals surface area contributed by atoms with E-state index in [4.69, 9.17) is 9.97 Å².